The summed E-state index contributed by atoms with van der Waals surface area (Å²) in [5.74, 6) is 0.614. The molecule has 2 aromatic heterocycles. The van der Waals surface area contributed by atoms with Crippen LogP contribution in [0, 0.1) is 5.92 Å². The van der Waals surface area contributed by atoms with E-state index in [1.807, 2.05) is 30.5 Å². The number of aromatic nitrogens is 3. The van der Waals surface area contributed by atoms with Gasteiger partial charge < -0.3 is 15.2 Å². The van der Waals surface area contributed by atoms with E-state index in [0.29, 0.717) is 24.2 Å². The number of nitrogens with one attached hydrogen (secondary N) is 1. The molecule has 0 radical (unpaired) electrons. The molecule has 1 atom stereocenters. The molecule has 3 aromatic rings. The third-order valence-electron chi connectivity index (χ3n) is 5.11. The average Bonchev–Trinajstić information content (AvgIpc) is 3.25. The minimum Gasteiger partial charge on any atom is -0.495 e. The standard InChI is InChI=1S/C21H22N4O3/c1-28-19-11-16(12-22-13-19)20(15-9-18(26)10-15)24-21(27)14-4-2-5-17(8-14)25-7-3-6-23-25/h2-8,11-13,15,18,20,26H,9-10H2,1H3,(H,24,27)/t15?,18?,20-/m0/s1. The molecule has 7 nitrogen and oxygen atoms in total. The highest BCUT2D eigenvalue weighted by Gasteiger charge is 2.36. The third-order valence-corrected chi connectivity index (χ3v) is 5.11. The van der Waals surface area contributed by atoms with Crippen LogP contribution in [0.4, 0.5) is 0 Å². The molecule has 0 aliphatic heterocycles. The molecule has 144 valence electrons. The minimum atomic E-state index is -0.314. The van der Waals surface area contributed by atoms with Crippen molar-refractivity contribution in [1.82, 2.24) is 20.1 Å². The molecule has 1 saturated carbocycles. The smallest absolute Gasteiger partial charge is 0.251 e. The Balaban J connectivity index is 1.58. The number of carbonyl (C=O) groups is 1. The number of aliphatic hydroxyl groups is 1. The van der Waals surface area contributed by atoms with E-state index in [-0.39, 0.29) is 24.0 Å². The summed E-state index contributed by atoms with van der Waals surface area (Å²) in [5, 5.41) is 17.1. The van der Waals surface area contributed by atoms with Gasteiger partial charge in [-0.25, -0.2) is 4.68 Å². The van der Waals surface area contributed by atoms with Crippen LogP contribution < -0.4 is 10.1 Å². The highest BCUT2D eigenvalue weighted by Crippen LogP contribution is 2.38. The van der Waals surface area contributed by atoms with Crippen molar-refractivity contribution in [2.24, 2.45) is 5.92 Å². The quantitative estimate of drug-likeness (QED) is 0.688. The topological polar surface area (TPSA) is 89.3 Å². The second-order valence-electron chi connectivity index (χ2n) is 7.00. The highest BCUT2D eigenvalue weighted by molar-refractivity contribution is 5.95. The summed E-state index contributed by atoms with van der Waals surface area (Å²) in [7, 11) is 1.59. The number of aliphatic hydroxyl groups excluding tert-OH is 1. The van der Waals surface area contributed by atoms with Crippen molar-refractivity contribution in [3.8, 4) is 11.4 Å². The molecule has 0 saturated heterocycles. The zero-order valence-corrected chi connectivity index (χ0v) is 15.5. The predicted molar refractivity (Wildman–Crippen MR) is 103 cm³/mol. The Bertz CT molecular complexity index is 952. The third kappa shape index (κ3) is 3.75. The van der Waals surface area contributed by atoms with Gasteiger partial charge in [-0.1, -0.05) is 6.07 Å². The summed E-state index contributed by atoms with van der Waals surface area (Å²) in [5.41, 5.74) is 2.23. The van der Waals surface area contributed by atoms with Crippen molar-refractivity contribution < 1.29 is 14.6 Å². The fourth-order valence-electron chi connectivity index (χ4n) is 3.53. The summed E-state index contributed by atoms with van der Waals surface area (Å²) in [6, 6.07) is 10.8. The molecule has 1 fully saturated rings. The van der Waals surface area contributed by atoms with Gasteiger partial charge in [0.2, 0.25) is 0 Å². The van der Waals surface area contributed by atoms with E-state index in [1.165, 1.54) is 0 Å². The molecule has 1 amide bonds. The molecule has 1 aliphatic rings. The van der Waals surface area contributed by atoms with E-state index in [0.717, 1.165) is 11.3 Å². The van der Waals surface area contributed by atoms with Gasteiger partial charge in [-0.2, -0.15) is 5.10 Å². The largest absolute Gasteiger partial charge is 0.495 e. The Kier molecular flexibility index (Phi) is 5.08. The van der Waals surface area contributed by atoms with Crippen LogP contribution in [0.3, 0.4) is 0 Å². The lowest BCUT2D eigenvalue weighted by atomic mass is 9.75. The Hall–Kier alpha value is -3.19. The van der Waals surface area contributed by atoms with E-state index in [2.05, 4.69) is 15.4 Å². The SMILES string of the molecule is COc1cncc([C@@H](NC(=O)c2cccc(-n3cccn3)c2)C2CC(O)C2)c1. The summed E-state index contributed by atoms with van der Waals surface area (Å²) >= 11 is 0. The molecule has 7 heteroatoms. The number of pyridine rings is 1. The summed E-state index contributed by atoms with van der Waals surface area (Å²) in [4.78, 5) is 17.2. The van der Waals surface area contributed by atoms with Crippen molar-refractivity contribution in [2.45, 2.75) is 25.0 Å². The highest BCUT2D eigenvalue weighted by atomic mass is 16.5. The number of nitrogens with zero attached hydrogens (tertiary/aromatic N) is 3. The Labute approximate surface area is 163 Å². The van der Waals surface area contributed by atoms with Gasteiger partial charge >= 0.3 is 0 Å². The first-order valence-electron chi connectivity index (χ1n) is 9.22. The fraction of sp³-hybridized carbons (Fsp3) is 0.286. The normalized spacial score (nSPS) is 19.5. The fourth-order valence-corrected chi connectivity index (χ4v) is 3.53. The second kappa shape index (κ2) is 7.82. The predicted octanol–water partition coefficient (Wildman–Crippen LogP) is 2.52. The molecule has 28 heavy (non-hydrogen) atoms. The van der Waals surface area contributed by atoms with Gasteiger partial charge in [0.05, 0.1) is 31.1 Å². The number of carbonyl (C=O) groups excluding carboxylic acids is 1. The van der Waals surface area contributed by atoms with Crippen LogP contribution in [-0.4, -0.2) is 39.0 Å². The minimum absolute atomic E-state index is 0.155. The maximum atomic E-state index is 13.0. The number of methoxy groups -OCH3 is 1. The molecule has 0 bridgehead atoms. The van der Waals surface area contributed by atoms with Crippen LogP contribution in [0.25, 0.3) is 5.69 Å². The molecule has 1 aromatic carbocycles. The monoisotopic (exact) mass is 378 g/mol. The van der Waals surface area contributed by atoms with Gasteiger partial charge in [-0.05, 0) is 54.7 Å². The lowest BCUT2D eigenvalue weighted by Gasteiger charge is -2.38. The van der Waals surface area contributed by atoms with Gasteiger partial charge in [-0.15, -0.1) is 0 Å². The Morgan fingerprint density at radius 3 is 2.86 bits per heavy atom. The first-order valence-corrected chi connectivity index (χ1v) is 9.22. The van der Waals surface area contributed by atoms with E-state index in [9.17, 15) is 9.90 Å². The van der Waals surface area contributed by atoms with Crippen molar-refractivity contribution in [2.75, 3.05) is 7.11 Å². The lowest BCUT2D eigenvalue weighted by Crippen LogP contribution is -2.41. The molecule has 4 rings (SSSR count). The number of benzene rings is 1. The van der Waals surface area contributed by atoms with E-state index >= 15 is 0 Å². The van der Waals surface area contributed by atoms with E-state index < -0.39 is 0 Å². The van der Waals surface area contributed by atoms with Gasteiger partial charge in [0.25, 0.3) is 5.91 Å². The van der Waals surface area contributed by atoms with Crippen LogP contribution in [0.1, 0.15) is 34.8 Å². The van der Waals surface area contributed by atoms with Crippen LogP contribution in [0.5, 0.6) is 5.75 Å². The zero-order chi connectivity index (χ0) is 19.5. The Morgan fingerprint density at radius 2 is 2.14 bits per heavy atom. The van der Waals surface area contributed by atoms with Crippen LogP contribution in [0.15, 0.2) is 61.2 Å². The summed E-state index contributed by atoms with van der Waals surface area (Å²) in [6.07, 6.45) is 7.87. The van der Waals surface area contributed by atoms with Gasteiger partial charge in [-0.3, -0.25) is 9.78 Å². The van der Waals surface area contributed by atoms with E-state index in [1.54, 1.807) is 42.5 Å². The van der Waals surface area contributed by atoms with Gasteiger partial charge in [0.1, 0.15) is 5.75 Å². The molecular weight excluding hydrogens is 356 g/mol. The number of ether oxygens (including phenoxy) is 1. The van der Waals surface area contributed by atoms with Crippen molar-refractivity contribution in [3.63, 3.8) is 0 Å². The number of hydrogen-bond donors (Lipinski definition) is 2. The second-order valence-corrected chi connectivity index (χ2v) is 7.00. The average molecular weight is 378 g/mol. The van der Waals surface area contributed by atoms with Crippen LogP contribution in [0.2, 0.25) is 0 Å². The molecule has 1 aliphatic carbocycles. The van der Waals surface area contributed by atoms with Crippen LogP contribution in [-0.2, 0) is 0 Å². The maximum absolute atomic E-state index is 13.0. The summed E-state index contributed by atoms with van der Waals surface area (Å²) < 4.78 is 6.98. The number of rotatable bonds is 6. The molecule has 0 unspecified atom stereocenters. The lowest BCUT2D eigenvalue weighted by molar-refractivity contribution is 0.0234. The summed E-state index contributed by atoms with van der Waals surface area (Å²) in [6.45, 7) is 0. The van der Waals surface area contributed by atoms with Gasteiger partial charge in [0.15, 0.2) is 0 Å². The first kappa shape index (κ1) is 18.2. The number of hydrogen-bond acceptors (Lipinski definition) is 5. The molecular formula is C21H22N4O3. The number of amides is 1. The molecule has 2 heterocycles. The van der Waals surface area contributed by atoms with Crippen molar-refractivity contribution in [3.05, 3.63) is 72.3 Å². The maximum Gasteiger partial charge on any atom is 0.251 e. The molecule has 0 spiro atoms. The Morgan fingerprint density at radius 1 is 1.29 bits per heavy atom. The van der Waals surface area contributed by atoms with Crippen LogP contribution >= 0.6 is 0 Å². The van der Waals surface area contributed by atoms with Crippen molar-refractivity contribution >= 4 is 5.91 Å². The zero-order valence-electron chi connectivity index (χ0n) is 15.5. The van der Waals surface area contributed by atoms with Gasteiger partial charge in [0, 0.05) is 24.2 Å². The van der Waals surface area contributed by atoms with Crippen molar-refractivity contribution in [1.29, 1.82) is 0 Å². The first-order chi connectivity index (χ1) is 13.6. The van der Waals surface area contributed by atoms with E-state index in [4.69, 9.17) is 4.74 Å². The molecule has 2 N–H and O–H groups in total.